The second kappa shape index (κ2) is 7.14. The molecule has 0 aliphatic carbocycles. The zero-order valence-corrected chi connectivity index (χ0v) is 14.0. The molecule has 3 rings (SSSR count). The zero-order valence-electron chi connectivity index (χ0n) is 13.2. The minimum atomic E-state index is -0.929. The Labute approximate surface area is 142 Å². The van der Waals surface area contributed by atoms with E-state index >= 15 is 0 Å². The van der Waals surface area contributed by atoms with Crippen LogP contribution >= 0.6 is 11.3 Å². The molecule has 0 saturated carbocycles. The van der Waals surface area contributed by atoms with Crippen molar-refractivity contribution in [3.8, 4) is 11.5 Å². The first kappa shape index (κ1) is 16.7. The lowest BCUT2D eigenvalue weighted by Crippen LogP contribution is -2.46. The summed E-state index contributed by atoms with van der Waals surface area (Å²) in [7, 11) is 0. The minimum Gasteiger partial charge on any atom is -0.481 e. The normalized spacial score (nSPS) is 17.9. The molecule has 1 saturated heterocycles. The van der Waals surface area contributed by atoms with E-state index in [0.717, 1.165) is 5.56 Å². The average molecular weight is 350 g/mol. The summed E-state index contributed by atoms with van der Waals surface area (Å²) in [5.41, 5.74) is 1.51. The number of nitrogens with zero attached hydrogens (tertiary/aromatic N) is 2. The summed E-state index contributed by atoms with van der Waals surface area (Å²) in [5.74, 6) is 0.117. The molecule has 2 aromatic heterocycles. The first-order chi connectivity index (χ1) is 11.5. The first-order valence-corrected chi connectivity index (χ1v) is 8.57. The van der Waals surface area contributed by atoms with Crippen LogP contribution in [-0.4, -0.2) is 52.7 Å². The maximum atomic E-state index is 12.5. The van der Waals surface area contributed by atoms with Gasteiger partial charge < -0.3 is 19.2 Å². The Kier molecular flexibility index (Phi) is 4.96. The van der Waals surface area contributed by atoms with Gasteiger partial charge in [0.25, 0.3) is 0 Å². The third-order valence-corrected chi connectivity index (χ3v) is 4.56. The Hall–Kier alpha value is -2.19. The lowest BCUT2D eigenvalue weighted by molar-refractivity contribution is -0.147. The predicted octanol–water partition coefficient (Wildman–Crippen LogP) is 1.96. The number of ether oxygens (including phenoxy) is 1. The number of morpholine rings is 1. The number of carbonyl (C=O) groups is 2. The Morgan fingerprint density at radius 3 is 3.04 bits per heavy atom. The Morgan fingerprint density at radius 2 is 2.33 bits per heavy atom. The lowest BCUT2D eigenvalue weighted by Gasteiger charge is -2.32. The van der Waals surface area contributed by atoms with Crippen molar-refractivity contribution in [1.29, 1.82) is 0 Å². The number of hydrogen-bond donors (Lipinski definition) is 1. The first-order valence-electron chi connectivity index (χ1n) is 7.63. The van der Waals surface area contributed by atoms with Gasteiger partial charge in [-0.25, -0.2) is 4.98 Å². The molecule has 0 unspecified atom stereocenters. The smallest absolute Gasteiger partial charge is 0.306 e. The van der Waals surface area contributed by atoms with Gasteiger partial charge in [0.1, 0.15) is 5.76 Å². The molecule has 7 nitrogen and oxygen atoms in total. The van der Waals surface area contributed by atoms with E-state index in [1.54, 1.807) is 23.2 Å². The second-order valence-electron chi connectivity index (χ2n) is 5.64. The molecule has 1 aliphatic heterocycles. The molecule has 8 heteroatoms. The fourth-order valence-corrected chi connectivity index (χ4v) is 3.25. The van der Waals surface area contributed by atoms with E-state index in [0.29, 0.717) is 37.0 Å². The van der Waals surface area contributed by atoms with Crippen LogP contribution in [0.5, 0.6) is 0 Å². The molecular formula is C16H18N2O5S. The Balaban J connectivity index is 1.65. The summed E-state index contributed by atoms with van der Waals surface area (Å²) >= 11 is 1.55. The fourth-order valence-electron chi connectivity index (χ4n) is 2.62. The molecular weight excluding hydrogens is 332 g/mol. The summed E-state index contributed by atoms with van der Waals surface area (Å²) in [6.45, 7) is 2.89. The number of carboxylic acid groups (broad SMARTS) is 1. The van der Waals surface area contributed by atoms with Gasteiger partial charge >= 0.3 is 5.97 Å². The number of aromatic nitrogens is 1. The highest BCUT2D eigenvalue weighted by Gasteiger charge is 2.27. The van der Waals surface area contributed by atoms with Crippen molar-refractivity contribution in [2.45, 2.75) is 25.9 Å². The predicted molar refractivity (Wildman–Crippen MR) is 86.8 cm³/mol. The fraction of sp³-hybridized carbons (Fsp3) is 0.438. The van der Waals surface area contributed by atoms with Crippen molar-refractivity contribution >= 4 is 23.2 Å². The summed E-state index contributed by atoms with van der Waals surface area (Å²) in [4.78, 5) is 29.3. The summed E-state index contributed by atoms with van der Waals surface area (Å²) < 4.78 is 11.0. The molecule has 128 valence electrons. The molecule has 0 radical (unpaired) electrons. The molecule has 3 heterocycles. The quantitative estimate of drug-likeness (QED) is 0.886. The molecule has 1 N–H and O–H groups in total. The van der Waals surface area contributed by atoms with E-state index in [9.17, 15) is 9.59 Å². The molecule has 1 atom stereocenters. The standard InChI is InChI=1S/C16H18N2O5S/c1-10-13(17-16(23-10)11-2-5-24-9-11)7-14(19)18-3-4-22-12(8-18)6-15(20)21/h2,5,9,12H,3-4,6-8H2,1H3,(H,20,21)/t12-/m1/s1. The molecule has 1 amide bonds. The molecule has 0 aromatic carbocycles. The maximum Gasteiger partial charge on any atom is 0.306 e. The SMILES string of the molecule is Cc1oc(-c2ccsc2)nc1CC(=O)N1CCO[C@H](CC(=O)O)C1. The van der Waals surface area contributed by atoms with Crippen molar-refractivity contribution in [3.63, 3.8) is 0 Å². The molecule has 0 spiro atoms. The minimum absolute atomic E-state index is 0.0954. The topological polar surface area (TPSA) is 92.9 Å². The van der Waals surface area contributed by atoms with E-state index in [2.05, 4.69) is 4.98 Å². The van der Waals surface area contributed by atoms with Gasteiger partial charge in [-0.2, -0.15) is 11.3 Å². The number of aryl methyl sites for hydroxylation is 1. The van der Waals surface area contributed by atoms with Gasteiger partial charge in [0.05, 0.1) is 31.2 Å². The van der Waals surface area contributed by atoms with E-state index in [1.807, 2.05) is 16.8 Å². The van der Waals surface area contributed by atoms with Crippen LogP contribution in [0.3, 0.4) is 0 Å². The number of hydrogen-bond acceptors (Lipinski definition) is 6. The maximum absolute atomic E-state index is 12.5. The van der Waals surface area contributed by atoms with Gasteiger partial charge in [0.15, 0.2) is 0 Å². The van der Waals surface area contributed by atoms with E-state index < -0.39 is 12.1 Å². The number of oxazole rings is 1. The van der Waals surface area contributed by atoms with Crippen LogP contribution in [0.4, 0.5) is 0 Å². The van der Waals surface area contributed by atoms with Gasteiger partial charge in [0.2, 0.25) is 11.8 Å². The highest BCUT2D eigenvalue weighted by atomic mass is 32.1. The van der Waals surface area contributed by atoms with Gasteiger partial charge in [-0.3, -0.25) is 9.59 Å². The van der Waals surface area contributed by atoms with Gasteiger partial charge in [-0.1, -0.05) is 0 Å². The second-order valence-corrected chi connectivity index (χ2v) is 6.42. The van der Waals surface area contributed by atoms with Crippen LogP contribution < -0.4 is 0 Å². The van der Waals surface area contributed by atoms with Crippen LogP contribution in [0.1, 0.15) is 17.9 Å². The van der Waals surface area contributed by atoms with E-state index in [-0.39, 0.29) is 18.7 Å². The number of thiophene rings is 1. The number of carboxylic acids is 1. The van der Waals surface area contributed by atoms with Crippen LogP contribution in [0.2, 0.25) is 0 Å². The third-order valence-electron chi connectivity index (χ3n) is 3.87. The van der Waals surface area contributed by atoms with Crippen LogP contribution in [0, 0.1) is 6.92 Å². The highest BCUT2D eigenvalue weighted by Crippen LogP contribution is 2.24. The lowest BCUT2D eigenvalue weighted by atomic mass is 10.2. The summed E-state index contributed by atoms with van der Waals surface area (Å²) in [6, 6.07) is 1.92. The Bertz CT molecular complexity index is 725. The van der Waals surface area contributed by atoms with E-state index in [4.69, 9.17) is 14.3 Å². The van der Waals surface area contributed by atoms with Crippen molar-refractivity contribution in [3.05, 3.63) is 28.3 Å². The number of amides is 1. The number of carbonyl (C=O) groups excluding carboxylic acids is 1. The highest BCUT2D eigenvalue weighted by molar-refractivity contribution is 7.08. The van der Waals surface area contributed by atoms with Crippen molar-refractivity contribution in [1.82, 2.24) is 9.88 Å². The third kappa shape index (κ3) is 3.82. The number of aliphatic carboxylic acids is 1. The monoisotopic (exact) mass is 350 g/mol. The Morgan fingerprint density at radius 1 is 1.50 bits per heavy atom. The molecule has 1 fully saturated rings. The van der Waals surface area contributed by atoms with Crippen LogP contribution in [0.25, 0.3) is 11.5 Å². The largest absolute Gasteiger partial charge is 0.481 e. The van der Waals surface area contributed by atoms with Crippen molar-refractivity contribution in [2.24, 2.45) is 0 Å². The van der Waals surface area contributed by atoms with Crippen molar-refractivity contribution in [2.75, 3.05) is 19.7 Å². The van der Waals surface area contributed by atoms with Crippen LogP contribution in [-0.2, 0) is 20.7 Å². The zero-order chi connectivity index (χ0) is 17.1. The molecule has 24 heavy (non-hydrogen) atoms. The van der Waals surface area contributed by atoms with E-state index in [1.165, 1.54) is 0 Å². The summed E-state index contributed by atoms with van der Waals surface area (Å²) in [6.07, 6.45) is -0.422. The molecule has 1 aliphatic rings. The van der Waals surface area contributed by atoms with Gasteiger partial charge in [-0.05, 0) is 18.4 Å². The number of rotatable bonds is 5. The summed E-state index contributed by atoms with van der Waals surface area (Å²) in [5, 5.41) is 12.7. The molecule has 0 bridgehead atoms. The van der Waals surface area contributed by atoms with Crippen LogP contribution in [0.15, 0.2) is 21.2 Å². The van der Waals surface area contributed by atoms with Gasteiger partial charge in [-0.15, -0.1) is 0 Å². The molecule has 2 aromatic rings. The van der Waals surface area contributed by atoms with Crippen molar-refractivity contribution < 1.29 is 23.8 Å². The average Bonchev–Trinajstić information content (AvgIpc) is 3.17. The van der Waals surface area contributed by atoms with Gasteiger partial charge in [0, 0.05) is 24.0 Å².